The van der Waals surface area contributed by atoms with E-state index < -0.39 is 32.0 Å². The summed E-state index contributed by atoms with van der Waals surface area (Å²) in [7, 11) is -1.74. The van der Waals surface area contributed by atoms with Crippen molar-refractivity contribution in [1.29, 1.82) is 0 Å². The molecule has 1 aromatic rings. The maximum Gasteiger partial charge on any atom is 0.162 e. The van der Waals surface area contributed by atoms with E-state index in [0.717, 1.165) is 24.1 Å². The van der Waals surface area contributed by atoms with Gasteiger partial charge in [0, 0.05) is 11.6 Å². The van der Waals surface area contributed by atoms with Crippen molar-refractivity contribution in [1.82, 2.24) is 0 Å². The highest BCUT2D eigenvalue weighted by Gasteiger charge is 2.40. The van der Waals surface area contributed by atoms with Gasteiger partial charge in [-0.05, 0) is 30.9 Å². The standard InChI is InChI=1S/C15H16F2O3S/c1-20-15-8-14(17)13(16)7-12(15)9-5-10-3-2-4-11(6-9)21(10,18)19/h5,7-8,10-11H,2-4,6H2,1H3. The molecule has 2 aliphatic rings. The molecule has 0 aromatic heterocycles. The number of ether oxygens (including phenoxy) is 1. The second-order valence-corrected chi connectivity index (χ2v) is 7.99. The van der Waals surface area contributed by atoms with Crippen LogP contribution in [0.5, 0.6) is 5.75 Å². The van der Waals surface area contributed by atoms with Crippen LogP contribution in [0.15, 0.2) is 18.2 Å². The van der Waals surface area contributed by atoms with Gasteiger partial charge in [0.1, 0.15) is 5.75 Å². The van der Waals surface area contributed by atoms with Crippen LogP contribution in [0.2, 0.25) is 0 Å². The summed E-state index contributed by atoms with van der Waals surface area (Å²) in [4.78, 5) is 0. The second kappa shape index (κ2) is 5.09. The largest absolute Gasteiger partial charge is 0.496 e. The topological polar surface area (TPSA) is 43.4 Å². The third-order valence-corrected chi connectivity index (χ3v) is 6.87. The molecule has 21 heavy (non-hydrogen) atoms. The number of methoxy groups -OCH3 is 1. The third-order valence-electron chi connectivity index (χ3n) is 4.32. The predicted molar refractivity (Wildman–Crippen MR) is 75.9 cm³/mol. The zero-order valence-electron chi connectivity index (χ0n) is 11.6. The van der Waals surface area contributed by atoms with Crippen molar-refractivity contribution >= 4 is 15.4 Å². The number of rotatable bonds is 2. The molecule has 1 aromatic carbocycles. The molecule has 2 heterocycles. The number of hydrogen-bond donors (Lipinski definition) is 0. The Balaban J connectivity index is 2.10. The van der Waals surface area contributed by atoms with Gasteiger partial charge in [0.15, 0.2) is 21.5 Å². The Morgan fingerprint density at radius 2 is 1.90 bits per heavy atom. The Bertz CT molecular complexity index is 710. The highest BCUT2D eigenvalue weighted by Crippen LogP contribution is 2.41. The molecular formula is C15H16F2O3S. The molecule has 0 spiro atoms. The van der Waals surface area contributed by atoms with Crippen LogP contribution in [0, 0.1) is 11.6 Å². The van der Waals surface area contributed by atoms with Crippen molar-refractivity contribution in [2.24, 2.45) is 0 Å². The fraction of sp³-hybridized carbons (Fsp3) is 0.467. The Morgan fingerprint density at radius 1 is 1.19 bits per heavy atom. The monoisotopic (exact) mass is 314 g/mol. The quantitative estimate of drug-likeness (QED) is 0.842. The van der Waals surface area contributed by atoms with Crippen molar-refractivity contribution in [3.05, 3.63) is 35.4 Å². The van der Waals surface area contributed by atoms with Crippen LogP contribution in [0.3, 0.4) is 0 Å². The van der Waals surface area contributed by atoms with Gasteiger partial charge >= 0.3 is 0 Å². The highest BCUT2D eigenvalue weighted by molar-refractivity contribution is 7.93. The maximum atomic E-state index is 13.5. The van der Waals surface area contributed by atoms with E-state index in [2.05, 4.69) is 0 Å². The van der Waals surface area contributed by atoms with E-state index in [1.165, 1.54) is 7.11 Å². The first-order chi connectivity index (χ1) is 9.93. The zero-order valence-corrected chi connectivity index (χ0v) is 12.4. The Hall–Kier alpha value is -1.43. The van der Waals surface area contributed by atoms with Crippen molar-refractivity contribution in [3.63, 3.8) is 0 Å². The van der Waals surface area contributed by atoms with Crippen LogP contribution < -0.4 is 4.74 Å². The molecule has 2 unspecified atom stereocenters. The highest BCUT2D eigenvalue weighted by atomic mass is 32.2. The number of hydrogen-bond acceptors (Lipinski definition) is 3. The smallest absolute Gasteiger partial charge is 0.162 e. The molecule has 2 bridgehead atoms. The van der Waals surface area contributed by atoms with Gasteiger partial charge in [-0.2, -0.15) is 0 Å². The molecule has 1 fully saturated rings. The van der Waals surface area contributed by atoms with Crippen molar-refractivity contribution in [2.45, 2.75) is 36.2 Å². The van der Waals surface area contributed by atoms with Crippen LogP contribution in [0.4, 0.5) is 8.78 Å². The van der Waals surface area contributed by atoms with Crippen molar-refractivity contribution < 1.29 is 21.9 Å². The number of halogens is 2. The van der Waals surface area contributed by atoms with Crippen LogP contribution in [-0.4, -0.2) is 26.0 Å². The minimum Gasteiger partial charge on any atom is -0.496 e. The first-order valence-corrected chi connectivity index (χ1v) is 8.51. The lowest BCUT2D eigenvalue weighted by Crippen LogP contribution is -2.38. The Kier molecular flexibility index (Phi) is 3.51. The van der Waals surface area contributed by atoms with Crippen molar-refractivity contribution in [2.75, 3.05) is 7.11 Å². The summed E-state index contributed by atoms with van der Waals surface area (Å²) in [6.07, 6.45) is 4.12. The third kappa shape index (κ3) is 2.35. The summed E-state index contributed by atoms with van der Waals surface area (Å²) in [5.41, 5.74) is 1.18. The van der Waals surface area contributed by atoms with E-state index in [1.807, 2.05) is 0 Å². The summed E-state index contributed by atoms with van der Waals surface area (Å²) < 4.78 is 56.4. The van der Waals surface area contributed by atoms with E-state index in [-0.39, 0.29) is 5.75 Å². The lowest BCUT2D eigenvalue weighted by molar-refractivity contribution is 0.404. The number of benzene rings is 1. The molecule has 2 aliphatic heterocycles. The zero-order chi connectivity index (χ0) is 15.2. The second-order valence-electron chi connectivity index (χ2n) is 5.54. The van der Waals surface area contributed by atoms with Crippen LogP contribution in [0.25, 0.3) is 5.57 Å². The molecule has 6 heteroatoms. The summed E-state index contributed by atoms with van der Waals surface area (Å²) in [5.74, 6) is -1.69. The van der Waals surface area contributed by atoms with Gasteiger partial charge < -0.3 is 4.74 Å². The fourth-order valence-electron chi connectivity index (χ4n) is 3.20. The van der Waals surface area contributed by atoms with Crippen LogP contribution >= 0.6 is 0 Å². The predicted octanol–water partition coefficient (Wildman–Crippen LogP) is 3.10. The van der Waals surface area contributed by atoms with Crippen LogP contribution in [-0.2, 0) is 9.84 Å². The minimum atomic E-state index is -3.13. The van der Waals surface area contributed by atoms with Gasteiger partial charge in [-0.1, -0.05) is 12.5 Å². The average molecular weight is 314 g/mol. The molecule has 0 amide bonds. The van der Waals surface area contributed by atoms with Crippen molar-refractivity contribution in [3.8, 4) is 5.75 Å². The van der Waals surface area contributed by atoms with E-state index in [0.29, 0.717) is 24.8 Å². The molecule has 0 radical (unpaired) electrons. The van der Waals surface area contributed by atoms with Gasteiger partial charge in [0.05, 0.1) is 17.6 Å². The molecule has 0 N–H and O–H groups in total. The van der Waals surface area contributed by atoms with Gasteiger partial charge in [-0.3, -0.25) is 0 Å². The Labute approximate surface area is 122 Å². The van der Waals surface area contributed by atoms with E-state index in [1.54, 1.807) is 6.08 Å². The van der Waals surface area contributed by atoms with Gasteiger partial charge in [-0.15, -0.1) is 0 Å². The summed E-state index contributed by atoms with van der Waals surface area (Å²) in [6.45, 7) is 0. The minimum absolute atomic E-state index is 0.234. The molecule has 0 saturated carbocycles. The molecule has 3 rings (SSSR count). The summed E-state index contributed by atoms with van der Waals surface area (Å²) in [5, 5.41) is -0.938. The molecular weight excluding hydrogens is 298 g/mol. The van der Waals surface area contributed by atoms with E-state index in [4.69, 9.17) is 4.74 Å². The number of allylic oxidation sites excluding steroid dienone is 1. The lowest BCUT2D eigenvalue weighted by atomic mass is 9.92. The van der Waals surface area contributed by atoms with Gasteiger partial charge in [-0.25, -0.2) is 17.2 Å². The number of fused-ring (bicyclic) bond motifs is 2. The normalized spacial score (nSPS) is 27.1. The molecule has 0 aliphatic carbocycles. The van der Waals surface area contributed by atoms with Crippen LogP contribution in [0.1, 0.15) is 31.2 Å². The van der Waals surface area contributed by atoms with E-state index >= 15 is 0 Å². The summed E-state index contributed by atoms with van der Waals surface area (Å²) >= 11 is 0. The van der Waals surface area contributed by atoms with Gasteiger partial charge in [0.25, 0.3) is 0 Å². The average Bonchev–Trinajstić information content (AvgIpc) is 2.40. The molecule has 2 atom stereocenters. The maximum absolute atomic E-state index is 13.5. The Morgan fingerprint density at radius 3 is 2.57 bits per heavy atom. The molecule has 114 valence electrons. The fourth-order valence-corrected chi connectivity index (χ4v) is 5.46. The first-order valence-electron chi connectivity index (χ1n) is 6.90. The molecule has 1 saturated heterocycles. The first kappa shape index (κ1) is 14.5. The summed E-state index contributed by atoms with van der Waals surface area (Å²) in [6, 6.07) is 2.10. The lowest BCUT2D eigenvalue weighted by Gasteiger charge is -2.33. The SMILES string of the molecule is COc1cc(F)c(F)cc1C1=CC2CCCC(C1)S2(=O)=O. The molecule has 3 nitrogen and oxygen atoms in total. The van der Waals surface area contributed by atoms with E-state index in [9.17, 15) is 17.2 Å². The van der Waals surface area contributed by atoms with Gasteiger partial charge in [0.2, 0.25) is 0 Å². The number of sulfone groups is 1.